The van der Waals surface area contributed by atoms with Gasteiger partial charge < -0.3 is 15.0 Å². The van der Waals surface area contributed by atoms with Crippen molar-refractivity contribution in [2.45, 2.75) is 4.34 Å². The summed E-state index contributed by atoms with van der Waals surface area (Å²) >= 11 is 4.73. The fraction of sp³-hybridized carbons (Fsp3) is 0.250. The summed E-state index contributed by atoms with van der Waals surface area (Å²) in [4.78, 5) is 23.9. The Kier molecular flexibility index (Phi) is 5.36. The quantitative estimate of drug-likeness (QED) is 0.460. The van der Waals surface area contributed by atoms with Gasteiger partial charge in [0.1, 0.15) is 0 Å². The van der Waals surface area contributed by atoms with Crippen molar-refractivity contribution in [3.8, 4) is 0 Å². The van der Waals surface area contributed by atoms with Crippen LogP contribution in [0.4, 0.5) is 10.8 Å². The lowest BCUT2D eigenvalue weighted by atomic mass is 10.3. The van der Waals surface area contributed by atoms with Crippen molar-refractivity contribution >= 4 is 71.6 Å². The van der Waals surface area contributed by atoms with E-state index in [-0.39, 0.29) is 5.91 Å². The largest absolute Gasteiger partial charge is 0.378 e. The van der Waals surface area contributed by atoms with Crippen molar-refractivity contribution in [3.63, 3.8) is 0 Å². The number of aromatic nitrogens is 2. The minimum absolute atomic E-state index is 0.0356. The van der Waals surface area contributed by atoms with Gasteiger partial charge in [0.25, 0.3) is 0 Å². The number of carbonyl (C=O) groups is 1. The number of morpholine rings is 1. The Labute approximate surface area is 179 Å². The number of benzene rings is 2. The molecular formula is C20H18N4O2S3. The maximum Gasteiger partial charge on any atom is 0.234 e. The van der Waals surface area contributed by atoms with Crippen LogP contribution >= 0.6 is 34.4 Å². The highest BCUT2D eigenvalue weighted by atomic mass is 32.2. The average molecular weight is 443 g/mol. The molecule has 1 amide bonds. The number of ether oxygens (including phenoxy) is 1. The summed E-state index contributed by atoms with van der Waals surface area (Å²) in [5, 5.41) is 4.00. The Morgan fingerprint density at radius 1 is 1.07 bits per heavy atom. The van der Waals surface area contributed by atoms with Crippen molar-refractivity contribution in [3.05, 3.63) is 42.5 Å². The Bertz CT molecular complexity index is 1130. The molecule has 6 nitrogen and oxygen atoms in total. The lowest BCUT2D eigenvalue weighted by Gasteiger charge is -2.25. The van der Waals surface area contributed by atoms with Gasteiger partial charge in [0, 0.05) is 18.8 Å². The predicted molar refractivity (Wildman–Crippen MR) is 122 cm³/mol. The Hall–Kier alpha value is -2.20. The van der Waals surface area contributed by atoms with Gasteiger partial charge in [0.15, 0.2) is 9.47 Å². The van der Waals surface area contributed by atoms with Crippen LogP contribution in [-0.4, -0.2) is 47.9 Å². The highest BCUT2D eigenvalue weighted by molar-refractivity contribution is 8.01. The van der Waals surface area contributed by atoms with Crippen LogP contribution in [0.2, 0.25) is 0 Å². The monoisotopic (exact) mass is 442 g/mol. The standard InChI is InChI=1S/C20H18N4O2S3/c25-18(12-27-20-23-14-3-1-2-4-16(14)29-20)21-13-5-6-15-17(11-13)28-19(22-15)24-7-9-26-10-8-24/h1-6,11H,7-10,12H2,(H,21,25). The van der Waals surface area contributed by atoms with Crippen molar-refractivity contribution in [1.82, 2.24) is 9.97 Å². The van der Waals surface area contributed by atoms with Gasteiger partial charge in [-0.15, -0.1) is 11.3 Å². The van der Waals surface area contributed by atoms with Crippen LogP contribution in [0.3, 0.4) is 0 Å². The maximum absolute atomic E-state index is 12.4. The Morgan fingerprint density at radius 2 is 1.90 bits per heavy atom. The molecule has 1 fully saturated rings. The first-order chi connectivity index (χ1) is 14.2. The molecule has 1 aliphatic heterocycles. The van der Waals surface area contributed by atoms with E-state index in [1.54, 1.807) is 22.7 Å². The number of amides is 1. The predicted octanol–water partition coefficient (Wildman–Crippen LogP) is 4.47. The Balaban J connectivity index is 1.23. The fourth-order valence-electron chi connectivity index (χ4n) is 3.12. The van der Waals surface area contributed by atoms with Crippen molar-refractivity contribution in [2.24, 2.45) is 0 Å². The van der Waals surface area contributed by atoms with Crippen molar-refractivity contribution in [1.29, 1.82) is 0 Å². The van der Waals surface area contributed by atoms with Crippen LogP contribution in [0, 0.1) is 0 Å². The number of rotatable bonds is 5. The highest BCUT2D eigenvalue weighted by Crippen LogP contribution is 2.32. The summed E-state index contributed by atoms with van der Waals surface area (Å²) < 4.78 is 8.54. The summed E-state index contributed by atoms with van der Waals surface area (Å²) in [6.45, 7) is 3.21. The second-order valence-electron chi connectivity index (χ2n) is 6.56. The van der Waals surface area contributed by atoms with E-state index in [2.05, 4.69) is 15.2 Å². The number of nitrogens with one attached hydrogen (secondary N) is 1. The number of fused-ring (bicyclic) bond motifs is 2. The minimum Gasteiger partial charge on any atom is -0.378 e. The molecule has 0 aliphatic carbocycles. The van der Waals surface area contributed by atoms with E-state index in [0.29, 0.717) is 5.75 Å². The first kappa shape index (κ1) is 18.8. The number of hydrogen-bond acceptors (Lipinski definition) is 8. The second-order valence-corrected chi connectivity index (χ2v) is 9.82. The second kappa shape index (κ2) is 8.27. The highest BCUT2D eigenvalue weighted by Gasteiger charge is 2.16. The topological polar surface area (TPSA) is 67.4 Å². The lowest BCUT2D eigenvalue weighted by Crippen LogP contribution is -2.36. The minimum atomic E-state index is -0.0356. The van der Waals surface area contributed by atoms with E-state index in [9.17, 15) is 4.79 Å². The molecule has 0 unspecified atom stereocenters. The third-order valence-electron chi connectivity index (χ3n) is 4.54. The van der Waals surface area contributed by atoms with Gasteiger partial charge in [0.2, 0.25) is 5.91 Å². The first-order valence-corrected chi connectivity index (χ1v) is 11.9. The molecule has 4 aromatic rings. The molecule has 0 bridgehead atoms. The summed E-state index contributed by atoms with van der Waals surface area (Å²) in [5.74, 6) is 0.297. The lowest BCUT2D eigenvalue weighted by molar-refractivity contribution is -0.113. The van der Waals surface area contributed by atoms with Crippen molar-refractivity contribution < 1.29 is 9.53 Å². The van der Waals surface area contributed by atoms with Gasteiger partial charge in [-0.3, -0.25) is 4.79 Å². The molecule has 148 valence electrons. The zero-order valence-corrected chi connectivity index (χ0v) is 17.9. The summed E-state index contributed by atoms with van der Waals surface area (Å²) in [6, 6.07) is 13.9. The molecule has 0 saturated carbocycles. The number of thioether (sulfide) groups is 1. The third-order valence-corrected chi connectivity index (χ3v) is 7.80. The summed E-state index contributed by atoms with van der Waals surface area (Å²) in [7, 11) is 0. The van der Waals surface area contributed by atoms with Crippen LogP contribution < -0.4 is 10.2 Å². The molecule has 1 aliphatic rings. The molecule has 9 heteroatoms. The van der Waals surface area contributed by atoms with Crippen LogP contribution in [0.1, 0.15) is 0 Å². The molecule has 2 aromatic carbocycles. The molecule has 29 heavy (non-hydrogen) atoms. The van der Waals surface area contributed by atoms with Gasteiger partial charge in [-0.1, -0.05) is 35.2 Å². The molecule has 0 radical (unpaired) electrons. The summed E-state index contributed by atoms with van der Waals surface area (Å²) in [6.07, 6.45) is 0. The molecular weight excluding hydrogens is 424 g/mol. The van der Waals surface area contributed by atoms with Gasteiger partial charge in [-0.25, -0.2) is 9.97 Å². The van der Waals surface area contributed by atoms with Crippen LogP contribution in [0.5, 0.6) is 0 Å². The van der Waals surface area contributed by atoms with Gasteiger partial charge in [0.05, 0.1) is 39.4 Å². The molecule has 0 spiro atoms. The van der Waals surface area contributed by atoms with E-state index < -0.39 is 0 Å². The van der Waals surface area contributed by atoms with Crippen molar-refractivity contribution in [2.75, 3.05) is 42.3 Å². The smallest absolute Gasteiger partial charge is 0.234 e. The third kappa shape index (κ3) is 4.23. The van der Waals surface area contributed by atoms with E-state index in [4.69, 9.17) is 9.72 Å². The number of carbonyl (C=O) groups excluding carboxylic acids is 1. The molecule has 0 atom stereocenters. The fourth-order valence-corrected chi connectivity index (χ4v) is 6.04. The zero-order valence-electron chi connectivity index (χ0n) is 15.5. The molecule has 5 rings (SSSR count). The molecule has 1 saturated heterocycles. The molecule has 1 N–H and O–H groups in total. The number of para-hydroxylation sites is 1. The van der Waals surface area contributed by atoms with Gasteiger partial charge in [-0.05, 0) is 30.3 Å². The average Bonchev–Trinajstić information content (AvgIpc) is 3.36. The SMILES string of the molecule is O=C(CSc1nc2ccccc2s1)Nc1ccc2nc(N3CCOCC3)sc2c1. The first-order valence-electron chi connectivity index (χ1n) is 9.26. The van der Waals surface area contributed by atoms with Crippen LogP contribution in [0.25, 0.3) is 20.4 Å². The number of anilines is 2. The molecule has 2 aromatic heterocycles. The summed E-state index contributed by atoms with van der Waals surface area (Å²) in [5.41, 5.74) is 2.73. The normalized spacial score (nSPS) is 14.6. The van der Waals surface area contributed by atoms with E-state index in [0.717, 1.165) is 61.9 Å². The molecule has 3 heterocycles. The van der Waals surface area contributed by atoms with E-state index >= 15 is 0 Å². The van der Waals surface area contributed by atoms with Gasteiger partial charge >= 0.3 is 0 Å². The number of nitrogens with zero attached hydrogens (tertiary/aromatic N) is 3. The van der Waals surface area contributed by atoms with E-state index in [1.165, 1.54) is 11.8 Å². The van der Waals surface area contributed by atoms with Gasteiger partial charge in [-0.2, -0.15) is 0 Å². The maximum atomic E-state index is 12.4. The Morgan fingerprint density at radius 3 is 2.76 bits per heavy atom. The van der Waals surface area contributed by atoms with Crippen LogP contribution in [0.15, 0.2) is 46.8 Å². The number of hydrogen-bond donors (Lipinski definition) is 1. The number of thiazole rings is 2. The van der Waals surface area contributed by atoms with Crippen LogP contribution in [-0.2, 0) is 9.53 Å². The zero-order chi connectivity index (χ0) is 19.6. The van der Waals surface area contributed by atoms with E-state index in [1.807, 2.05) is 42.5 Å².